The Morgan fingerprint density at radius 3 is 2.73 bits per heavy atom. The molecule has 122 valence electrons. The molecule has 1 aliphatic rings. The lowest BCUT2D eigenvalue weighted by molar-refractivity contribution is -0.274. The Kier molecular flexibility index (Phi) is 4.95. The number of alkyl halides is 3. The lowest BCUT2D eigenvalue weighted by atomic mass is 10.1. The predicted octanol–water partition coefficient (Wildman–Crippen LogP) is 2.37. The van der Waals surface area contributed by atoms with Gasteiger partial charge in [-0.05, 0) is 31.0 Å². The molecule has 0 heterocycles. The average molecular weight is 316 g/mol. The topological polar surface area (TPSA) is 41.6 Å². The van der Waals surface area contributed by atoms with Crippen molar-refractivity contribution in [3.05, 3.63) is 29.8 Å². The molecular weight excluding hydrogens is 297 g/mol. The molecule has 0 saturated heterocycles. The van der Waals surface area contributed by atoms with Crippen LogP contribution >= 0.6 is 0 Å². The van der Waals surface area contributed by atoms with Gasteiger partial charge in [0.2, 0.25) is 5.91 Å². The van der Waals surface area contributed by atoms with Gasteiger partial charge in [-0.15, -0.1) is 13.2 Å². The first-order valence-electron chi connectivity index (χ1n) is 7.07. The summed E-state index contributed by atoms with van der Waals surface area (Å²) in [6.07, 6.45) is -4.17. The van der Waals surface area contributed by atoms with E-state index in [9.17, 15) is 18.0 Å². The van der Waals surface area contributed by atoms with Crippen LogP contribution in [0.5, 0.6) is 5.75 Å². The summed E-state index contributed by atoms with van der Waals surface area (Å²) < 4.78 is 41.3. The van der Waals surface area contributed by atoms with Crippen LogP contribution < -0.4 is 10.1 Å². The number of para-hydroxylation sites is 1. The summed E-state index contributed by atoms with van der Waals surface area (Å²) >= 11 is 0. The van der Waals surface area contributed by atoms with Gasteiger partial charge in [0.15, 0.2) is 0 Å². The molecular formula is C15H19F3N2O2. The summed E-state index contributed by atoms with van der Waals surface area (Å²) in [4.78, 5) is 13.8. The van der Waals surface area contributed by atoms with Crippen molar-refractivity contribution in [2.75, 3.05) is 27.2 Å². The second-order valence-corrected chi connectivity index (χ2v) is 5.40. The van der Waals surface area contributed by atoms with E-state index < -0.39 is 6.36 Å². The van der Waals surface area contributed by atoms with E-state index in [4.69, 9.17) is 0 Å². The van der Waals surface area contributed by atoms with E-state index in [0.717, 1.165) is 0 Å². The van der Waals surface area contributed by atoms with Crippen LogP contribution in [0.25, 0.3) is 0 Å². The van der Waals surface area contributed by atoms with E-state index >= 15 is 0 Å². The fourth-order valence-electron chi connectivity index (χ4n) is 2.49. The van der Waals surface area contributed by atoms with E-state index in [1.807, 2.05) is 0 Å². The predicted molar refractivity (Wildman–Crippen MR) is 75.5 cm³/mol. The maximum Gasteiger partial charge on any atom is 0.573 e. The van der Waals surface area contributed by atoms with E-state index in [2.05, 4.69) is 10.1 Å². The van der Waals surface area contributed by atoms with Crippen molar-refractivity contribution < 1.29 is 22.7 Å². The van der Waals surface area contributed by atoms with Gasteiger partial charge in [-0.2, -0.15) is 0 Å². The van der Waals surface area contributed by atoms with Crippen LogP contribution in [0.2, 0.25) is 0 Å². The van der Waals surface area contributed by atoms with Gasteiger partial charge in [-0.1, -0.05) is 18.2 Å². The van der Waals surface area contributed by atoms with Gasteiger partial charge < -0.3 is 15.0 Å². The van der Waals surface area contributed by atoms with Gasteiger partial charge in [0.05, 0.1) is 0 Å². The molecule has 22 heavy (non-hydrogen) atoms. The number of carbonyl (C=O) groups is 1. The van der Waals surface area contributed by atoms with Gasteiger partial charge >= 0.3 is 6.36 Å². The van der Waals surface area contributed by atoms with Crippen molar-refractivity contribution in [3.63, 3.8) is 0 Å². The molecule has 1 amide bonds. The highest BCUT2D eigenvalue weighted by Crippen LogP contribution is 2.51. The van der Waals surface area contributed by atoms with E-state index in [-0.39, 0.29) is 23.5 Å². The molecule has 1 fully saturated rings. The van der Waals surface area contributed by atoms with Gasteiger partial charge in [0.25, 0.3) is 0 Å². The molecule has 7 heteroatoms. The highest BCUT2D eigenvalue weighted by atomic mass is 19.4. The van der Waals surface area contributed by atoms with Gasteiger partial charge in [0.1, 0.15) is 5.75 Å². The molecule has 1 aromatic rings. The molecule has 4 nitrogen and oxygen atoms in total. The average Bonchev–Trinajstić information content (AvgIpc) is 3.23. The molecule has 1 N–H and O–H groups in total. The molecule has 0 bridgehead atoms. The minimum atomic E-state index is -4.73. The lowest BCUT2D eigenvalue weighted by Gasteiger charge is -2.17. The van der Waals surface area contributed by atoms with Crippen LogP contribution in [-0.2, 0) is 4.79 Å². The molecule has 2 rings (SSSR count). The summed E-state index contributed by atoms with van der Waals surface area (Å²) in [6.45, 7) is 1.24. The van der Waals surface area contributed by atoms with Crippen molar-refractivity contribution in [1.82, 2.24) is 10.2 Å². The molecule has 0 spiro atoms. The first kappa shape index (κ1) is 16.6. The number of amides is 1. The van der Waals surface area contributed by atoms with Crippen LogP contribution in [0.4, 0.5) is 13.2 Å². The van der Waals surface area contributed by atoms with Crippen LogP contribution in [-0.4, -0.2) is 44.4 Å². The Balaban J connectivity index is 2.04. The van der Waals surface area contributed by atoms with Crippen LogP contribution in [0, 0.1) is 5.92 Å². The van der Waals surface area contributed by atoms with Crippen LogP contribution in [0.15, 0.2) is 24.3 Å². The van der Waals surface area contributed by atoms with E-state index in [1.165, 1.54) is 12.1 Å². The normalized spacial score (nSPS) is 20.6. The fourth-order valence-corrected chi connectivity index (χ4v) is 2.49. The van der Waals surface area contributed by atoms with Crippen molar-refractivity contribution in [1.29, 1.82) is 0 Å². The number of rotatable bonds is 6. The standard InChI is InChI=1S/C15H19F3N2O2/c1-19-7-8-20(2)14(21)12-9-11(12)10-5-3-4-6-13(10)22-15(16,17)18/h3-6,11-12,19H,7-9H2,1-2H3. The first-order chi connectivity index (χ1) is 10.3. The highest BCUT2D eigenvalue weighted by Gasteiger charge is 2.47. The van der Waals surface area contributed by atoms with Crippen molar-refractivity contribution in [3.8, 4) is 5.75 Å². The monoisotopic (exact) mass is 316 g/mol. The number of nitrogens with one attached hydrogen (secondary N) is 1. The number of hydrogen-bond donors (Lipinski definition) is 1. The van der Waals surface area contributed by atoms with Crippen molar-refractivity contribution in [2.24, 2.45) is 5.92 Å². The number of benzene rings is 1. The number of nitrogens with zero attached hydrogens (tertiary/aromatic N) is 1. The highest BCUT2D eigenvalue weighted by molar-refractivity contribution is 5.83. The molecule has 1 saturated carbocycles. The quantitative estimate of drug-likeness (QED) is 0.876. The van der Waals surface area contributed by atoms with E-state index in [1.54, 1.807) is 31.1 Å². The van der Waals surface area contributed by atoms with Crippen LogP contribution in [0.3, 0.4) is 0 Å². The second kappa shape index (κ2) is 6.56. The third-order valence-corrected chi connectivity index (χ3v) is 3.73. The number of likely N-dealkylation sites (N-methyl/N-ethyl adjacent to an activating group) is 2. The smallest absolute Gasteiger partial charge is 0.405 e. The summed E-state index contributed by atoms with van der Waals surface area (Å²) in [5, 5.41) is 2.95. The molecule has 1 aliphatic carbocycles. The SMILES string of the molecule is CNCCN(C)C(=O)C1CC1c1ccccc1OC(F)(F)F. The molecule has 0 aromatic heterocycles. The number of carbonyl (C=O) groups excluding carboxylic acids is 1. The van der Waals surface area contributed by atoms with Gasteiger partial charge in [-0.3, -0.25) is 4.79 Å². The first-order valence-corrected chi connectivity index (χ1v) is 7.07. The third-order valence-electron chi connectivity index (χ3n) is 3.73. The summed E-state index contributed by atoms with van der Waals surface area (Å²) in [7, 11) is 3.50. The number of hydrogen-bond acceptors (Lipinski definition) is 3. The Hall–Kier alpha value is -1.76. The van der Waals surface area contributed by atoms with Crippen molar-refractivity contribution in [2.45, 2.75) is 18.7 Å². The van der Waals surface area contributed by atoms with E-state index in [0.29, 0.717) is 25.1 Å². The minimum Gasteiger partial charge on any atom is -0.405 e. The molecule has 1 aromatic carbocycles. The number of halogens is 3. The zero-order chi connectivity index (χ0) is 16.3. The minimum absolute atomic E-state index is 0.0398. The molecule has 2 atom stereocenters. The van der Waals surface area contributed by atoms with Gasteiger partial charge in [0, 0.05) is 26.1 Å². The van der Waals surface area contributed by atoms with Gasteiger partial charge in [-0.25, -0.2) is 0 Å². The lowest BCUT2D eigenvalue weighted by Crippen LogP contribution is -2.34. The Morgan fingerprint density at radius 1 is 1.41 bits per heavy atom. The maximum absolute atomic E-state index is 12.4. The van der Waals surface area contributed by atoms with Crippen LogP contribution in [0.1, 0.15) is 17.9 Å². The Labute approximate surface area is 127 Å². The Bertz CT molecular complexity index is 534. The maximum atomic E-state index is 12.4. The zero-order valence-electron chi connectivity index (χ0n) is 12.5. The summed E-state index contributed by atoms with van der Waals surface area (Å²) in [5.74, 6) is -0.724. The second-order valence-electron chi connectivity index (χ2n) is 5.40. The molecule has 2 unspecified atom stereocenters. The number of ether oxygens (including phenoxy) is 1. The largest absolute Gasteiger partial charge is 0.573 e. The zero-order valence-corrected chi connectivity index (χ0v) is 12.5. The summed E-state index contributed by atoms with van der Waals surface area (Å²) in [5.41, 5.74) is 0.445. The molecule has 0 radical (unpaired) electrons. The Morgan fingerprint density at radius 2 is 2.09 bits per heavy atom. The summed E-state index contributed by atoms with van der Waals surface area (Å²) in [6, 6.07) is 6.02. The van der Waals surface area contributed by atoms with Crippen molar-refractivity contribution >= 4 is 5.91 Å². The molecule has 0 aliphatic heterocycles. The third kappa shape index (κ3) is 4.13. The fraction of sp³-hybridized carbons (Fsp3) is 0.533.